The van der Waals surface area contributed by atoms with Gasteiger partial charge in [0.1, 0.15) is 5.82 Å². The SMILES string of the molecule is CC(C)Nc1cccc(CN)n1. The zero-order chi connectivity index (χ0) is 8.97. The summed E-state index contributed by atoms with van der Waals surface area (Å²) in [6, 6.07) is 6.23. The maximum absolute atomic E-state index is 5.46. The summed E-state index contributed by atoms with van der Waals surface area (Å²) in [5.41, 5.74) is 6.38. The van der Waals surface area contributed by atoms with Gasteiger partial charge in [-0.25, -0.2) is 4.98 Å². The number of nitrogens with zero attached hydrogens (tertiary/aromatic N) is 1. The monoisotopic (exact) mass is 165 g/mol. The topological polar surface area (TPSA) is 50.9 Å². The highest BCUT2D eigenvalue weighted by Gasteiger charge is 1.96. The zero-order valence-electron chi connectivity index (χ0n) is 7.54. The van der Waals surface area contributed by atoms with Crippen molar-refractivity contribution < 1.29 is 0 Å². The van der Waals surface area contributed by atoms with Gasteiger partial charge < -0.3 is 11.1 Å². The van der Waals surface area contributed by atoms with E-state index >= 15 is 0 Å². The Morgan fingerprint density at radius 2 is 2.25 bits per heavy atom. The van der Waals surface area contributed by atoms with E-state index in [2.05, 4.69) is 24.1 Å². The average molecular weight is 165 g/mol. The molecule has 0 aliphatic heterocycles. The summed E-state index contributed by atoms with van der Waals surface area (Å²) in [4.78, 5) is 4.30. The van der Waals surface area contributed by atoms with E-state index in [9.17, 15) is 0 Å². The largest absolute Gasteiger partial charge is 0.368 e. The second-order valence-electron chi connectivity index (χ2n) is 3.02. The van der Waals surface area contributed by atoms with Crippen LogP contribution < -0.4 is 11.1 Å². The minimum atomic E-state index is 0.408. The molecule has 0 spiro atoms. The van der Waals surface area contributed by atoms with Crippen LogP contribution in [-0.4, -0.2) is 11.0 Å². The van der Waals surface area contributed by atoms with E-state index in [4.69, 9.17) is 5.73 Å². The Balaban J connectivity index is 2.72. The molecule has 0 saturated carbocycles. The highest BCUT2D eigenvalue weighted by atomic mass is 15.0. The third-order valence-corrected chi connectivity index (χ3v) is 1.45. The lowest BCUT2D eigenvalue weighted by molar-refractivity contribution is 0.880. The number of nitrogens with one attached hydrogen (secondary N) is 1. The molecule has 0 bridgehead atoms. The first-order chi connectivity index (χ1) is 5.72. The molecule has 0 saturated heterocycles. The summed E-state index contributed by atoms with van der Waals surface area (Å²) < 4.78 is 0. The first-order valence-corrected chi connectivity index (χ1v) is 4.15. The molecule has 0 amide bonds. The van der Waals surface area contributed by atoms with E-state index in [1.54, 1.807) is 0 Å². The molecule has 0 radical (unpaired) electrons. The van der Waals surface area contributed by atoms with Gasteiger partial charge in [-0.1, -0.05) is 6.07 Å². The van der Waals surface area contributed by atoms with E-state index in [1.165, 1.54) is 0 Å². The number of aromatic nitrogens is 1. The van der Waals surface area contributed by atoms with Gasteiger partial charge in [0.05, 0.1) is 5.69 Å². The molecule has 0 atom stereocenters. The summed E-state index contributed by atoms with van der Waals surface area (Å²) in [5, 5.41) is 3.21. The van der Waals surface area contributed by atoms with Crippen LogP contribution >= 0.6 is 0 Å². The molecule has 12 heavy (non-hydrogen) atoms. The van der Waals surface area contributed by atoms with Gasteiger partial charge in [-0.05, 0) is 26.0 Å². The Labute approximate surface area is 73.0 Å². The Hall–Kier alpha value is -1.09. The van der Waals surface area contributed by atoms with Crippen LogP contribution in [0.1, 0.15) is 19.5 Å². The van der Waals surface area contributed by atoms with Crippen LogP contribution in [0.4, 0.5) is 5.82 Å². The fourth-order valence-corrected chi connectivity index (χ4v) is 0.969. The third kappa shape index (κ3) is 2.51. The standard InChI is InChI=1S/C9H15N3/c1-7(2)11-9-5-3-4-8(6-10)12-9/h3-5,7H,6,10H2,1-2H3,(H,11,12). The molecule has 3 heteroatoms. The van der Waals surface area contributed by atoms with Crippen molar-refractivity contribution in [2.75, 3.05) is 5.32 Å². The Bertz CT molecular complexity index is 245. The molecular formula is C9H15N3. The zero-order valence-corrected chi connectivity index (χ0v) is 7.54. The van der Waals surface area contributed by atoms with Crippen molar-refractivity contribution in [2.24, 2.45) is 5.73 Å². The van der Waals surface area contributed by atoms with Crippen molar-refractivity contribution in [3.05, 3.63) is 23.9 Å². The second kappa shape index (κ2) is 4.07. The summed E-state index contributed by atoms with van der Waals surface area (Å²) in [7, 11) is 0. The Morgan fingerprint density at radius 1 is 1.50 bits per heavy atom. The molecule has 0 aliphatic carbocycles. The molecule has 3 N–H and O–H groups in total. The molecule has 0 unspecified atom stereocenters. The summed E-state index contributed by atoms with van der Waals surface area (Å²) in [6.45, 7) is 4.65. The van der Waals surface area contributed by atoms with E-state index < -0.39 is 0 Å². The quantitative estimate of drug-likeness (QED) is 0.711. The van der Waals surface area contributed by atoms with E-state index in [1.807, 2.05) is 18.2 Å². The summed E-state index contributed by atoms with van der Waals surface area (Å²) >= 11 is 0. The summed E-state index contributed by atoms with van der Waals surface area (Å²) in [5.74, 6) is 0.896. The lowest BCUT2D eigenvalue weighted by atomic mass is 10.3. The number of nitrogens with two attached hydrogens (primary N) is 1. The van der Waals surface area contributed by atoms with Crippen LogP contribution in [0, 0.1) is 0 Å². The third-order valence-electron chi connectivity index (χ3n) is 1.45. The highest BCUT2D eigenvalue weighted by molar-refractivity contribution is 5.35. The first-order valence-electron chi connectivity index (χ1n) is 4.15. The molecule has 0 aromatic carbocycles. The minimum absolute atomic E-state index is 0.408. The normalized spacial score (nSPS) is 10.3. The van der Waals surface area contributed by atoms with Crippen LogP contribution in [0.25, 0.3) is 0 Å². The van der Waals surface area contributed by atoms with Crippen molar-refractivity contribution in [1.82, 2.24) is 4.98 Å². The molecule has 66 valence electrons. The predicted octanol–water partition coefficient (Wildman–Crippen LogP) is 1.36. The van der Waals surface area contributed by atoms with Crippen LogP contribution in [-0.2, 0) is 6.54 Å². The molecule has 0 aliphatic rings. The van der Waals surface area contributed by atoms with Gasteiger partial charge in [0.25, 0.3) is 0 Å². The number of hydrogen-bond acceptors (Lipinski definition) is 3. The van der Waals surface area contributed by atoms with Crippen molar-refractivity contribution in [3.63, 3.8) is 0 Å². The van der Waals surface area contributed by atoms with E-state index in [0.717, 1.165) is 11.5 Å². The molecule has 0 fully saturated rings. The lowest BCUT2D eigenvalue weighted by Gasteiger charge is -2.09. The second-order valence-corrected chi connectivity index (χ2v) is 3.02. The lowest BCUT2D eigenvalue weighted by Crippen LogP contribution is -2.12. The number of rotatable bonds is 3. The molecule has 1 heterocycles. The number of pyridine rings is 1. The van der Waals surface area contributed by atoms with Gasteiger partial charge in [0.15, 0.2) is 0 Å². The van der Waals surface area contributed by atoms with Gasteiger partial charge in [-0.15, -0.1) is 0 Å². The molecular weight excluding hydrogens is 150 g/mol. The predicted molar refractivity (Wildman–Crippen MR) is 50.9 cm³/mol. The van der Waals surface area contributed by atoms with Crippen molar-refractivity contribution >= 4 is 5.82 Å². The molecule has 3 nitrogen and oxygen atoms in total. The van der Waals surface area contributed by atoms with Crippen molar-refractivity contribution in [3.8, 4) is 0 Å². The molecule has 1 rings (SSSR count). The van der Waals surface area contributed by atoms with Gasteiger partial charge in [0.2, 0.25) is 0 Å². The Morgan fingerprint density at radius 3 is 2.83 bits per heavy atom. The molecule has 1 aromatic heterocycles. The van der Waals surface area contributed by atoms with Crippen LogP contribution in [0.5, 0.6) is 0 Å². The van der Waals surface area contributed by atoms with Gasteiger partial charge >= 0.3 is 0 Å². The number of anilines is 1. The van der Waals surface area contributed by atoms with E-state index in [0.29, 0.717) is 12.6 Å². The fraction of sp³-hybridized carbons (Fsp3) is 0.444. The highest BCUT2D eigenvalue weighted by Crippen LogP contribution is 2.05. The van der Waals surface area contributed by atoms with Crippen molar-refractivity contribution in [2.45, 2.75) is 26.4 Å². The Kier molecular flexibility index (Phi) is 3.05. The number of hydrogen-bond donors (Lipinski definition) is 2. The average Bonchev–Trinajstić information content (AvgIpc) is 2.03. The van der Waals surface area contributed by atoms with Crippen LogP contribution in [0.2, 0.25) is 0 Å². The molecule has 1 aromatic rings. The minimum Gasteiger partial charge on any atom is -0.368 e. The van der Waals surface area contributed by atoms with Crippen LogP contribution in [0.15, 0.2) is 18.2 Å². The summed E-state index contributed by atoms with van der Waals surface area (Å²) in [6.07, 6.45) is 0. The fourth-order valence-electron chi connectivity index (χ4n) is 0.969. The smallest absolute Gasteiger partial charge is 0.126 e. The first kappa shape index (κ1) is 9.00. The van der Waals surface area contributed by atoms with E-state index in [-0.39, 0.29) is 0 Å². The maximum atomic E-state index is 5.46. The maximum Gasteiger partial charge on any atom is 0.126 e. The van der Waals surface area contributed by atoms with Crippen molar-refractivity contribution in [1.29, 1.82) is 0 Å². The van der Waals surface area contributed by atoms with Gasteiger partial charge in [0, 0.05) is 12.6 Å². The van der Waals surface area contributed by atoms with Gasteiger partial charge in [-0.2, -0.15) is 0 Å². The van der Waals surface area contributed by atoms with Gasteiger partial charge in [-0.3, -0.25) is 0 Å². The van der Waals surface area contributed by atoms with Crippen LogP contribution in [0.3, 0.4) is 0 Å².